The fourth-order valence-electron chi connectivity index (χ4n) is 2.56. The molecule has 2 rings (SSSR count). The van der Waals surface area contributed by atoms with Crippen LogP contribution in [0.3, 0.4) is 0 Å². The van der Waals surface area contributed by atoms with Crippen molar-refractivity contribution in [2.24, 2.45) is 0 Å². The molecule has 0 saturated heterocycles. The number of hydrogen-bond donors (Lipinski definition) is 0. The van der Waals surface area contributed by atoms with E-state index in [1.54, 1.807) is 4.90 Å². The molecular formula is C18H24N2O2. The van der Waals surface area contributed by atoms with E-state index in [2.05, 4.69) is 31.1 Å². The van der Waals surface area contributed by atoms with Crippen LogP contribution in [0.2, 0.25) is 0 Å². The molecule has 0 aliphatic rings. The number of carbonyl (C=O) groups excluding carboxylic acids is 1. The fraction of sp³-hybridized carbons (Fsp3) is 0.444. The van der Waals surface area contributed by atoms with Crippen molar-refractivity contribution in [1.82, 2.24) is 10.1 Å². The third-order valence-electron chi connectivity index (χ3n) is 4.15. The Balaban J connectivity index is 2.05. The maximum Gasteiger partial charge on any atom is 0.223 e. The van der Waals surface area contributed by atoms with Crippen LogP contribution in [-0.2, 0) is 16.8 Å². The lowest BCUT2D eigenvalue weighted by Gasteiger charge is -2.27. The first-order chi connectivity index (χ1) is 10.3. The molecule has 1 heterocycles. The topological polar surface area (TPSA) is 46.3 Å². The van der Waals surface area contributed by atoms with Crippen LogP contribution in [0.4, 0.5) is 0 Å². The summed E-state index contributed by atoms with van der Waals surface area (Å²) in [5, 5.41) is 3.94. The molecule has 4 nitrogen and oxygen atoms in total. The van der Waals surface area contributed by atoms with Gasteiger partial charge < -0.3 is 9.42 Å². The van der Waals surface area contributed by atoms with Gasteiger partial charge in [0.15, 0.2) is 0 Å². The lowest BCUT2D eigenvalue weighted by Crippen LogP contribution is -2.32. The predicted molar refractivity (Wildman–Crippen MR) is 86.5 cm³/mol. The van der Waals surface area contributed by atoms with Crippen molar-refractivity contribution >= 4 is 5.91 Å². The van der Waals surface area contributed by atoms with Gasteiger partial charge in [0, 0.05) is 19.0 Å². The average molecular weight is 300 g/mol. The van der Waals surface area contributed by atoms with Crippen LogP contribution in [-0.4, -0.2) is 23.0 Å². The largest absolute Gasteiger partial charge is 0.361 e. The van der Waals surface area contributed by atoms with Crippen molar-refractivity contribution in [2.45, 2.75) is 46.1 Å². The van der Waals surface area contributed by atoms with Crippen molar-refractivity contribution in [3.05, 3.63) is 52.9 Å². The SMILES string of the molecule is Cc1noc(C)c1CN(C)C(=O)CC(C)(C)c1ccccc1. The molecule has 0 spiro atoms. The summed E-state index contributed by atoms with van der Waals surface area (Å²) in [6, 6.07) is 10.2. The third-order valence-corrected chi connectivity index (χ3v) is 4.15. The Kier molecular flexibility index (Phi) is 4.69. The molecule has 1 aromatic heterocycles. The zero-order chi connectivity index (χ0) is 16.3. The summed E-state index contributed by atoms with van der Waals surface area (Å²) < 4.78 is 5.16. The number of rotatable bonds is 5. The van der Waals surface area contributed by atoms with E-state index in [1.165, 1.54) is 5.56 Å². The minimum Gasteiger partial charge on any atom is -0.361 e. The molecule has 0 fully saturated rings. The Morgan fingerprint density at radius 2 is 1.86 bits per heavy atom. The molecule has 2 aromatic rings. The monoisotopic (exact) mass is 300 g/mol. The van der Waals surface area contributed by atoms with Gasteiger partial charge in [0.05, 0.1) is 12.2 Å². The molecule has 0 N–H and O–H groups in total. The third kappa shape index (κ3) is 3.56. The molecule has 0 bridgehead atoms. The molecule has 0 aliphatic carbocycles. The Morgan fingerprint density at radius 3 is 2.41 bits per heavy atom. The second-order valence-electron chi connectivity index (χ2n) is 6.48. The first-order valence-corrected chi connectivity index (χ1v) is 7.52. The highest BCUT2D eigenvalue weighted by Gasteiger charge is 2.26. The first-order valence-electron chi connectivity index (χ1n) is 7.52. The first kappa shape index (κ1) is 16.3. The lowest BCUT2D eigenvalue weighted by molar-refractivity contribution is -0.131. The molecule has 0 saturated carbocycles. The van der Waals surface area contributed by atoms with Gasteiger partial charge in [0.2, 0.25) is 5.91 Å². The van der Waals surface area contributed by atoms with E-state index in [0.29, 0.717) is 13.0 Å². The van der Waals surface area contributed by atoms with Gasteiger partial charge in [0.1, 0.15) is 5.76 Å². The number of hydrogen-bond acceptors (Lipinski definition) is 3. The Bertz CT molecular complexity index is 625. The van der Waals surface area contributed by atoms with Crippen LogP contribution in [0.5, 0.6) is 0 Å². The Morgan fingerprint density at radius 1 is 1.23 bits per heavy atom. The highest BCUT2D eigenvalue weighted by atomic mass is 16.5. The molecular weight excluding hydrogens is 276 g/mol. The molecule has 4 heteroatoms. The number of benzene rings is 1. The average Bonchev–Trinajstić information content (AvgIpc) is 2.79. The van der Waals surface area contributed by atoms with E-state index in [4.69, 9.17) is 4.52 Å². The minimum atomic E-state index is -0.189. The number of carbonyl (C=O) groups is 1. The van der Waals surface area contributed by atoms with Gasteiger partial charge in [-0.25, -0.2) is 0 Å². The van der Waals surface area contributed by atoms with Crippen molar-refractivity contribution < 1.29 is 9.32 Å². The highest BCUT2D eigenvalue weighted by Crippen LogP contribution is 2.27. The number of nitrogens with zero attached hydrogens (tertiary/aromatic N) is 2. The summed E-state index contributed by atoms with van der Waals surface area (Å²) in [4.78, 5) is 14.3. The molecule has 22 heavy (non-hydrogen) atoms. The molecule has 0 aliphatic heterocycles. The minimum absolute atomic E-state index is 0.119. The van der Waals surface area contributed by atoms with Crippen LogP contribution in [0.1, 0.15) is 42.8 Å². The molecule has 0 radical (unpaired) electrons. The van der Waals surface area contributed by atoms with Crippen molar-refractivity contribution in [3.63, 3.8) is 0 Å². The predicted octanol–water partition coefficient (Wildman–Crippen LogP) is 3.62. The van der Waals surface area contributed by atoms with Crippen molar-refractivity contribution in [1.29, 1.82) is 0 Å². The number of aromatic nitrogens is 1. The molecule has 0 atom stereocenters. The van der Waals surface area contributed by atoms with E-state index < -0.39 is 0 Å². The summed E-state index contributed by atoms with van der Waals surface area (Å²) in [5.74, 6) is 0.897. The van der Waals surface area contributed by atoms with Gasteiger partial charge in [0.25, 0.3) is 0 Å². The maximum atomic E-state index is 12.6. The lowest BCUT2D eigenvalue weighted by atomic mass is 9.81. The summed E-state index contributed by atoms with van der Waals surface area (Å²) in [6.07, 6.45) is 0.469. The quantitative estimate of drug-likeness (QED) is 0.847. The fourth-order valence-corrected chi connectivity index (χ4v) is 2.56. The molecule has 1 amide bonds. The summed E-state index contributed by atoms with van der Waals surface area (Å²) in [5.41, 5.74) is 2.83. The van der Waals surface area contributed by atoms with Gasteiger partial charge >= 0.3 is 0 Å². The van der Waals surface area contributed by atoms with E-state index >= 15 is 0 Å². The Labute approximate surface area is 132 Å². The second kappa shape index (κ2) is 6.34. The zero-order valence-corrected chi connectivity index (χ0v) is 14.0. The van der Waals surface area contributed by atoms with Crippen molar-refractivity contribution in [2.75, 3.05) is 7.05 Å². The summed E-state index contributed by atoms with van der Waals surface area (Å²) >= 11 is 0. The highest BCUT2D eigenvalue weighted by molar-refractivity contribution is 5.77. The molecule has 118 valence electrons. The van der Waals surface area contributed by atoms with Gasteiger partial charge in [-0.05, 0) is 24.8 Å². The maximum absolute atomic E-state index is 12.6. The smallest absolute Gasteiger partial charge is 0.223 e. The number of aryl methyl sites for hydroxylation is 2. The Hall–Kier alpha value is -2.10. The van der Waals surface area contributed by atoms with Gasteiger partial charge in [-0.2, -0.15) is 0 Å². The standard InChI is InChI=1S/C18H24N2O2/c1-13-16(14(2)22-19-13)12-20(5)17(21)11-18(3,4)15-9-7-6-8-10-15/h6-10H,11-12H2,1-5H3. The van der Waals surface area contributed by atoms with E-state index in [9.17, 15) is 4.79 Å². The second-order valence-corrected chi connectivity index (χ2v) is 6.48. The van der Waals surface area contributed by atoms with Gasteiger partial charge in [-0.3, -0.25) is 4.79 Å². The van der Waals surface area contributed by atoms with Crippen LogP contribution in [0, 0.1) is 13.8 Å². The van der Waals surface area contributed by atoms with Crippen LogP contribution in [0.25, 0.3) is 0 Å². The summed E-state index contributed by atoms with van der Waals surface area (Å²) in [6.45, 7) is 8.51. The van der Waals surface area contributed by atoms with Crippen molar-refractivity contribution in [3.8, 4) is 0 Å². The normalized spacial score (nSPS) is 11.5. The van der Waals surface area contributed by atoms with Crippen LogP contribution >= 0.6 is 0 Å². The van der Waals surface area contributed by atoms with E-state index in [1.807, 2.05) is 39.1 Å². The zero-order valence-electron chi connectivity index (χ0n) is 14.0. The summed E-state index contributed by atoms with van der Waals surface area (Å²) in [7, 11) is 1.83. The van der Waals surface area contributed by atoms with E-state index in [0.717, 1.165) is 17.0 Å². The molecule has 1 aromatic carbocycles. The number of amides is 1. The van der Waals surface area contributed by atoms with E-state index in [-0.39, 0.29) is 11.3 Å². The van der Waals surface area contributed by atoms with Crippen LogP contribution in [0.15, 0.2) is 34.9 Å². The van der Waals surface area contributed by atoms with Crippen LogP contribution < -0.4 is 0 Å². The molecule has 0 unspecified atom stereocenters. The van der Waals surface area contributed by atoms with Gasteiger partial charge in [-0.1, -0.05) is 49.3 Å². The van der Waals surface area contributed by atoms with Gasteiger partial charge in [-0.15, -0.1) is 0 Å².